The number of halogens is 1. The highest BCUT2D eigenvalue weighted by molar-refractivity contribution is 5.91. The average Bonchev–Trinajstić information content (AvgIpc) is 3.01. The number of aromatic amines is 1. The van der Waals surface area contributed by atoms with Crippen LogP contribution in [-0.4, -0.2) is 16.1 Å². The lowest BCUT2D eigenvalue weighted by Gasteiger charge is -2.02. The first kappa shape index (κ1) is 15.9. The molecule has 0 aliphatic heterocycles. The minimum Gasteiger partial charge on any atom is -0.309 e. The summed E-state index contributed by atoms with van der Waals surface area (Å²) < 4.78 is 13.1. The lowest BCUT2D eigenvalue weighted by molar-refractivity contribution is -0.115. The first-order valence-electron chi connectivity index (χ1n) is 7.81. The lowest BCUT2D eigenvalue weighted by Crippen LogP contribution is -2.14. The van der Waals surface area contributed by atoms with Crippen LogP contribution in [0.3, 0.4) is 0 Å². The molecule has 0 spiro atoms. The van der Waals surface area contributed by atoms with Crippen LogP contribution in [0.2, 0.25) is 0 Å². The van der Waals surface area contributed by atoms with Crippen LogP contribution in [0.5, 0.6) is 0 Å². The van der Waals surface area contributed by atoms with Gasteiger partial charge in [-0.2, -0.15) is 5.10 Å². The van der Waals surface area contributed by atoms with Crippen LogP contribution in [0.4, 0.5) is 10.2 Å². The third kappa shape index (κ3) is 4.52. The second kappa shape index (κ2) is 7.55. The molecule has 0 saturated heterocycles. The fraction of sp³-hybridized carbons (Fsp3) is 0.158. The monoisotopic (exact) mass is 323 g/mol. The highest BCUT2D eigenvalue weighted by Crippen LogP contribution is 2.11. The molecule has 0 radical (unpaired) electrons. The predicted molar refractivity (Wildman–Crippen MR) is 91.2 cm³/mol. The van der Waals surface area contributed by atoms with Gasteiger partial charge in [0.25, 0.3) is 0 Å². The third-order valence-corrected chi connectivity index (χ3v) is 3.68. The van der Waals surface area contributed by atoms with Gasteiger partial charge in [0.2, 0.25) is 5.91 Å². The number of benzene rings is 2. The first-order valence-corrected chi connectivity index (χ1v) is 7.81. The van der Waals surface area contributed by atoms with Crippen LogP contribution in [0.15, 0.2) is 60.7 Å². The molecule has 0 unspecified atom stereocenters. The number of H-pyrrole nitrogens is 1. The number of nitrogens with zero attached hydrogens (tertiary/aromatic N) is 1. The molecule has 0 fully saturated rings. The summed E-state index contributed by atoms with van der Waals surface area (Å²) in [6, 6.07) is 18.0. The van der Waals surface area contributed by atoms with Gasteiger partial charge in [0, 0.05) is 11.8 Å². The van der Waals surface area contributed by atoms with Crippen LogP contribution in [0.1, 0.15) is 16.8 Å². The summed E-state index contributed by atoms with van der Waals surface area (Å²) in [5.74, 6) is -0.0792. The summed E-state index contributed by atoms with van der Waals surface area (Å²) in [5.41, 5.74) is 2.84. The molecule has 5 heteroatoms. The SMILES string of the molecule is O=C(Cc1cccc(F)c1)Nc1cc(CCc2ccccc2)[nH]n1. The van der Waals surface area contributed by atoms with Crippen molar-refractivity contribution in [2.24, 2.45) is 0 Å². The molecule has 2 aromatic carbocycles. The van der Waals surface area contributed by atoms with Gasteiger partial charge in [-0.1, -0.05) is 42.5 Å². The Kier molecular flexibility index (Phi) is 5.01. The zero-order valence-corrected chi connectivity index (χ0v) is 13.1. The van der Waals surface area contributed by atoms with Crippen molar-refractivity contribution in [2.45, 2.75) is 19.3 Å². The second-order valence-electron chi connectivity index (χ2n) is 5.62. The summed E-state index contributed by atoms with van der Waals surface area (Å²) in [7, 11) is 0. The number of hydrogen-bond donors (Lipinski definition) is 2. The van der Waals surface area contributed by atoms with Gasteiger partial charge in [-0.25, -0.2) is 4.39 Å². The number of carbonyl (C=O) groups is 1. The maximum absolute atomic E-state index is 13.1. The molecule has 4 nitrogen and oxygen atoms in total. The Labute approximate surface area is 139 Å². The van der Waals surface area contributed by atoms with Gasteiger partial charge < -0.3 is 5.32 Å². The number of carbonyl (C=O) groups excluding carboxylic acids is 1. The Morgan fingerprint density at radius 3 is 2.58 bits per heavy atom. The van der Waals surface area contributed by atoms with E-state index in [1.165, 1.54) is 17.7 Å². The van der Waals surface area contributed by atoms with Crippen molar-refractivity contribution in [2.75, 3.05) is 5.32 Å². The van der Waals surface area contributed by atoms with Gasteiger partial charge in [-0.05, 0) is 36.1 Å². The number of rotatable bonds is 6. The molecule has 0 atom stereocenters. The van der Waals surface area contributed by atoms with Crippen molar-refractivity contribution in [3.63, 3.8) is 0 Å². The van der Waals surface area contributed by atoms with Crippen LogP contribution >= 0.6 is 0 Å². The highest BCUT2D eigenvalue weighted by Gasteiger charge is 2.08. The maximum Gasteiger partial charge on any atom is 0.229 e. The smallest absolute Gasteiger partial charge is 0.229 e. The molecule has 3 rings (SSSR count). The average molecular weight is 323 g/mol. The molecular weight excluding hydrogens is 305 g/mol. The number of anilines is 1. The van der Waals surface area contributed by atoms with Gasteiger partial charge in [-0.3, -0.25) is 9.89 Å². The van der Waals surface area contributed by atoms with E-state index in [1.54, 1.807) is 12.1 Å². The van der Waals surface area contributed by atoms with Crippen molar-refractivity contribution >= 4 is 11.7 Å². The molecule has 1 heterocycles. The molecular formula is C19H18FN3O. The van der Waals surface area contributed by atoms with Gasteiger partial charge in [0.05, 0.1) is 6.42 Å². The zero-order chi connectivity index (χ0) is 16.8. The van der Waals surface area contributed by atoms with Crippen molar-refractivity contribution in [3.8, 4) is 0 Å². The van der Waals surface area contributed by atoms with Crippen molar-refractivity contribution in [3.05, 3.63) is 83.3 Å². The molecule has 24 heavy (non-hydrogen) atoms. The van der Waals surface area contributed by atoms with Gasteiger partial charge in [0.1, 0.15) is 5.82 Å². The Morgan fingerprint density at radius 1 is 1.00 bits per heavy atom. The summed E-state index contributed by atoms with van der Waals surface area (Å²) >= 11 is 0. The molecule has 0 saturated carbocycles. The van der Waals surface area contributed by atoms with Crippen LogP contribution in [-0.2, 0) is 24.1 Å². The summed E-state index contributed by atoms with van der Waals surface area (Å²) in [6.07, 6.45) is 1.83. The molecule has 0 bridgehead atoms. The first-order chi connectivity index (χ1) is 11.7. The number of aryl methyl sites for hydroxylation is 2. The van der Waals surface area contributed by atoms with Crippen molar-refractivity contribution in [1.82, 2.24) is 10.2 Å². The summed E-state index contributed by atoms with van der Waals surface area (Å²) in [6.45, 7) is 0. The second-order valence-corrected chi connectivity index (χ2v) is 5.62. The molecule has 2 N–H and O–H groups in total. The largest absolute Gasteiger partial charge is 0.309 e. The van der Waals surface area contributed by atoms with Gasteiger partial charge in [-0.15, -0.1) is 0 Å². The highest BCUT2D eigenvalue weighted by atomic mass is 19.1. The van der Waals surface area contributed by atoms with E-state index >= 15 is 0 Å². The quantitative estimate of drug-likeness (QED) is 0.729. The standard InChI is InChI=1S/C19H18FN3O/c20-16-8-4-7-15(11-16)12-19(24)21-18-13-17(22-23-18)10-9-14-5-2-1-3-6-14/h1-8,11,13H,9-10,12H2,(H2,21,22,23,24). The zero-order valence-electron chi connectivity index (χ0n) is 13.1. The van der Waals surface area contributed by atoms with E-state index in [0.717, 1.165) is 18.5 Å². The normalized spacial score (nSPS) is 10.5. The number of amides is 1. The summed E-state index contributed by atoms with van der Waals surface area (Å²) in [5, 5.41) is 9.75. The number of aromatic nitrogens is 2. The van der Waals surface area contributed by atoms with E-state index in [4.69, 9.17) is 0 Å². The van der Waals surface area contributed by atoms with E-state index in [1.807, 2.05) is 24.3 Å². The number of nitrogens with one attached hydrogen (secondary N) is 2. The fourth-order valence-electron chi connectivity index (χ4n) is 2.50. The molecule has 0 aliphatic rings. The van der Waals surface area contributed by atoms with Crippen LogP contribution in [0.25, 0.3) is 0 Å². The van der Waals surface area contributed by atoms with Crippen LogP contribution < -0.4 is 5.32 Å². The minimum atomic E-state index is -0.344. The van der Waals surface area contributed by atoms with E-state index in [2.05, 4.69) is 27.6 Å². The fourth-order valence-corrected chi connectivity index (χ4v) is 2.50. The minimum absolute atomic E-state index is 0.115. The molecule has 1 aromatic heterocycles. The Morgan fingerprint density at radius 2 is 1.79 bits per heavy atom. The van der Waals surface area contributed by atoms with Crippen LogP contribution in [0, 0.1) is 5.82 Å². The van der Waals surface area contributed by atoms with Crippen molar-refractivity contribution < 1.29 is 9.18 Å². The topological polar surface area (TPSA) is 57.8 Å². The maximum atomic E-state index is 13.1. The van der Waals surface area contributed by atoms with E-state index < -0.39 is 0 Å². The van der Waals surface area contributed by atoms with Gasteiger partial charge >= 0.3 is 0 Å². The predicted octanol–water partition coefficient (Wildman–Crippen LogP) is 3.52. The van der Waals surface area contributed by atoms with Gasteiger partial charge in [0.15, 0.2) is 5.82 Å². The number of hydrogen-bond acceptors (Lipinski definition) is 2. The van der Waals surface area contributed by atoms with Crippen molar-refractivity contribution in [1.29, 1.82) is 0 Å². The Bertz CT molecular complexity index is 814. The van der Waals surface area contributed by atoms with E-state index in [9.17, 15) is 9.18 Å². The van der Waals surface area contributed by atoms with E-state index in [0.29, 0.717) is 11.4 Å². The molecule has 122 valence electrons. The Balaban J connectivity index is 1.53. The third-order valence-electron chi connectivity index (χ3n) is 3.68. The Hall–Kier alpha value is -2.95. The molecule has 3 aromatic rings. The van der Waals surface area contributed by atoms with E-state index in [-0.39, 0.29) is 18.1 Å². The summed E-state index contributed by atoms with van der Waals surface area (Å²) in [4.78, 5) is 12.0. The molecule has 1 amide bonds. The molecule has 0 aliphatic carbocycles. The lowest BCUT2D eigenvalue weighted by atomic mass is 10.1.